The van der Waals surface area contributed by atoms with Crippen LogP contribution in [0.5, 0.6) is 5.75 Å². The maximum atomic E-state index is 11.6. The molecule has 1 aliphatic rings. The number of benzene rings is 2. The van der Waals surface area contributed by atoms with E-state index in [1.807, 2.05) is 24.3 Å². The summed E-state index contributed by atoms with van der Waals surface area (Å²) in [5, 5.41) is 10.7. The molecule has 1 unspecified atom stereocenters. The first-order valence-electron chi connectivity index (χ1n) is 9.72. The van der Waals surface area contributed by atoms with Crippen molar-refractivity contribution in [1.82, 2.24) is 4.98 Å². The molecule has 28 heavy (non-hydrogen) atoms. The third kappa shape index (κ3) is 3.06. The van der Waals surface area contributed by atoms with Gasteiger partial charge in [-0.25, -0.2) is 0 Å². The van der Waals surface area contributed by atoms with Crippen molar-refractivity contribution in [1.29, 1.82) is 0 Å². The van der Waals surface area contributed by atoms with E-state index < -0.39 is 11.6 Å². The Bertz CT molecular complexity index is 1020. The lowest BCUT2D eigenvalue weighted by Gasteiger charge is -2.36. The van der Waals surface area contributed by atoms with Gasteiger partial charge in [-0.05, 0) is 47.7 Å². The molecule has 3 aromatic rings. The fourth-order valence-electron chi connectivity index (χ4n) is 4.48. The highest BCUT2D eigenvalue weighted by Gasteiger charge is 2.41. The van der Waals surface area contributed by atoms with Gasteiger partial charge in [-0.15, -0.1) is 0 Å². The van der Waals surface area contributed by atoms with Gasteiger partial charge in [-0.2, -0.15) is 0 Å². The maximum absolute atomic E-state index is 11.6. The number of carbonyl (C=O) groups is 1. The predicted octanol–water partition coefficient (Wildman–Crippen LogP) is 4.89. The van der Waals surface area contributed by atoms with Crippen LogP contribution in [0.2, 0.25) is 0 Å². The molecule has 0 saturated heterocycles. The summed E-state index contributed by atoms with van der Waals surface area (Å²) in [5.41, 5.74) is 4.53. The normalized spacial score (nSPS) is 18.8. The van der Waals surface area contributed by atoms with Crippen LogP contribution in [0.4, 0.5) is 0 Å². The van der Waals surface area contributed by atoms with Gasteiger partial charge in [-0.3, -0.25) is 4.79 Å². The van der Waals surface area contributed by atoms with Crippen molar-refractivity contribution in [2.45, 2.75) is 38.2 Å². The predicted molar refractivity (Wildman–Crippen MR) is 109 cm³/mol. The van der Waals surface area contributed by atoms with Crippen molar-refractivity contribution >= 4 is 16.9 Å². The van der Waals surface area contributed by atoms with Crippen LogP contribution in [0.15, 0.2) is 42.5 Å². The highest BCUT2D eigenvalue weighted by atomic mass is 16.5. The second kappa shape index (κ2) is 7.32. The van der Waals surface area contributed by atoms with Crippen molar-refractivity contribution in [2.24, 2.45) is 0 Å². The molecule has 0 radical (unpaired) electrons. The molecule has 0 aliphatic carbocycles. The van der Waals surface area contributed by atoms with Gasteiger partial charge >= 0.3 is 5.97 Å². The fourth-order valence-corrected chi connectivity index (χ4v) is 4.48. The molecule has 0 amide bonds. The third-order valence-electron chi connectivity index (χ3n) is 5.59. The Kier molecular flexibility index (Phi) is 4.85. The van der Waals surface area contributed by atoms with Crippen LogP contribution in [0, 0.1) is 0 Å². The number of rotatable bonds is 6. The van der Waals surface area contributed by atoms with Crippen LogP contribution in [0.3, 0.4) is 0 Å². The molecule has 2 heterocycles. The Balaban J connectivity index is 1.94. The molecule has 0 spiro atoms. The number of aliphatic carboxylic acids is 1. The smallest absolute Gasteiger partial charge is 0.306 e. The first-order chi connectivity index (χ1) is 13.6. The Morgan fingerprint density at radius 3 is 2.86 bits per heavy atom. The molecule has 2 N–H and O–H groups in total. The van der Waals surface area contributed by atoms with Crippen molar-refractivity contribution in [3.8, 4) is 16.9 Å². The first kappa shape index (κ1) is 18.6. The summed E-state index contributed by atoms with van der Waals surface area (Å²) >= 11 is 0. The maximum Gasteiger partial charge on any atom is 0.306 e. The lowest BCUT2D eigenvalue weighted by molar-refractivity contribution is -0.149. The van der Waals surface area contributed by atoms with Gasteiger partial charge in [0.25, 0.3) is 0 Å². The summed E-state index contributed by atoms with van der Waals surface area (Å²) in [4.78, 5) is 15.1. The van der Waals surface area contributed by atoms with Crippen molar-refractivity contribution in [3.63, 3.8) is 0 Å². The van der Waals surface area contributed by atoms with Crippen molar-refractivity contribution in [3.05, 3.63) is 53.7 Å². The lowest BCUT2D eigenvalue weighted by Crippen LogP contribution is -2.37. The number of ether oxygens (including phenoxy) is 2. The largest absolute Gasteiger partial charge is 0.497 e. The van der Waals surface area contributed by atoms with E-state index in [1.54, 1.807) is 7.11 Å². The van der Waals surface area contributed by atoms with Gasteiger partial charge in [0, 0.05) is 10.9 Å². The SMILES string of the molecule is CCCC1(CC(=O)O)OCCc2c1[nH]c1cccc(-c3cccc(OC)c3)c21. The summed E-state index contributed by atoms with van der Waals surface area (Å²) in [7, 11) is 1.67. The summed E-state index contributed by atoms with van der Waals surface area (Å²) in [5.74, 6) is -0.0265. The Hall–Kier alpha value is -2.79. The quantitative estimate of drug-likeness (QED) is 0.640. The van der Waals surface area contributed by atoms with Crippen LogP contribution < -0.4 is 4.74 Å². The highest BCUT2D eigenvalue weighted by molar-refractivity contribution is 5.99. The van der Waals surface area contributed by atoms with Crippen LogP contribution in [-0.4, -0.2) is 29.8 Å². The Morgan fingerprint density at radius 1 is 1.29 bits per heavy atom. The Labute approximate surface area is 164 Å². The van der Waals surface area contributed by atoms with E-state index in [0.29, 0.717) is 13.0 Å². The van der Waals surface area contributed by atoms with E-state index in [2.05, 4.69) is 30.1 Å². The van der Waals surface area contributed by atoms with Crippen molar-refractivity contribution < 1.29 is 19.4 Å². The van der Waals surface area contributed by atoms with Gasteiger partial charge in [0.2, 0.25) is 0 Å². The van der Waals surface area contributed by atoms with Gasteiger partial charge in [0.1, 0.15) is 11.4 Å². The van der Waals surface area contributed by atoms with E-state index >= 15 is 0 Å². The molecule has 5 heteroatoms. The third-order valence-corrected chi connectivity index (χ3v) is 5.59. The molecule has 0 saturated carbocycles. The minimum Gasteiger partial charge on any atom is -0.497 e. The average Bonchev–Trinajstić information content (AvgIpc) is 3.08. The van der Waals surface area contributed by atoms with Gasteiger partial charge < -0.3 is 19.6 Å². The highest BCUT2D eigenvalue weighted by Crippen LogP contribution is 2.44. The lowest BCUT2D eigenvalue weighted by atomic mass is 9.84. The molecule has 0 fully saturated rings. The van der Waals surface area contributed by atoms with Crippen LogP contribution >= 0.6 is 0 Å². The molecular weight excluding hydrogens is 354 g/mol. The monoisotopic (exact) mass is 379 g/mol. The fraction of sp³-hybridized carbons (Fsp3) is 0.348. The zero-order chi connectivity index (χ0) is 19.7. The number of hydrogen-bond donors (Lipinski definition) is 2. The van der Waals surface area contributed by atoms with Crippen LogP contribution in [0.1, 0.15) is 37.4 Å². The minimum atomic E-state index is -0.840. The second-order valence-electron chi connectivity index (χ2n) is 7.35. The molecule has 146 valence electrons. The molecular formula is C23H25NO4. The molecule has 2 aromatic carbocycles. The number of fused-ring (bicyclic) bond motifs is 3. The summed E-state index contributed by atoms with van der Waals surface area (Å²) in [6.07, 6.45) is 2.26. The van der Waals surface area contributed by atoms with Gasteiger partial charge in [0.05, 0.1) is 25.8 Å². The molecule has 5 nitrogen and oxygen atoms in total. The van der Waals surface area contributed by atoms with E-state index in [1.165, 1.54) is 5.56 Å². The summed E-state index contributed by atoms with van der Waals surface area (Å²) < 4.78 is 11.5. The number of nitrogens with one attached hydrogen (secondary N) is 1. The molecule has 0 bridgehead atoms. The number of carboxylic acid groups (broad SMARTS) is 1. The molecule has 1 aliphatic heterocycles. The number of H-pyrrole nitrogens is 1. The zero-order valence-corrected chi connectivity index (χ0v) is 16.2. The number of aromatic amines is 1. The second-order valence-corrected chi connectivity index (χ2v) is 7.35. The van der Waals surface area contributed by atoms with E-state index in [4.69, 9.17) is 9.47 Å². The van der Waals surface area contributed by atoms with Crippen molar-refractivity contribution in [2.75, 3.05) is 13.7 Å². The van der Waals surface area contributed by atoms with Gasteiger partial charge in [-0.1, -0.05) is 37.6 Å². The van der Waals surface area contributed by atoms with Crippen LogP contribution in [0.25, 0.3) is 22.0 Å². The zero-order valence-electron chi connectivity index (χ0n) is 16.2. The number of methoxy groups -OCH3 is 1. The number of aromatic nitrogens is 1. The van der Waals surface area contributed by atoms with E-state index in [9.17, 15) is 9.90 Å². The minimum absolute atomic E-state index is 0.0326. The first-order valence-corrected chi connectivity index (χ1v) is 9.72. The average molecular weight is 379 g/mol. The molecule has 1 aromatic heterocycles. The standard InChI is InChI=1S/C23H25NO4/c1-3-11-23(14-20(25)26)22-18(10-12-28-23)21-17(8-5-9-19(21)24-22)15-6-4-7-16(13-15)27-2/h4-9,13,24H,3,10-12,14H2,1-2H3,(H,25,26). The molecule has 1 atom stereocenters. The Morgan fingerprint density at radius 2 is 2.11 bits per heavy atom. The number of carboxylic acids is 1. The van der Waals surface area contributed by atoms with E-state index in [-0.39, 0.29) is 6.42 Å². The summed E-state index contributed by atoms with van der Waals surface area (Å²) in [6.45, 7) is 2.59. The van der Waals surface area contributed by atoms with Crippen LogP contribution in [-0.2, 0) is 21.6 Å². The van der Waals surface area contributed by atoms with Gasteiger partial charge in [0.15, 0.2) is 0 Å². The number of hydrogen-bond acceptors (Lipinski definition) is 3. The summed E-state index contributed by atoms with van der Waals surface area (Å²) in [6, 6.07) is 14.2. The molecule has 4 rings (SSSR count). The topological polar surface area (TPSA) is 71.5 Å². The van der Waals surface area contributed by atoms with E-state index in [0.717, 1.165) is 46.3 Å².